The van der Waals surface area contributed by atoms with Crippen LogP contribution in [0.5, 0.6) is 5.75 Å². The zero-order valence-corrected chi connectivity index (χ0v) is 22.0. The normalized spacial score (nSPS) is 19.6. The Morgan fingerprint density at radius 1 is 1.26 bits per heavy atom. The monoisotopic (exact) mass is 556 g/mol. The maximum atomic E-state index is 13.1. The highest BCUT2D eigenvalue weighted by atomic mass is 79.9. The van der Waals surface area contributed by atoms with Gasteiger partial charge in [0.05, 0.1) is 24.1 Å². The smallest absolute Gasteiger partial charge is 0.266 e. The number of rotatable bonds is 7. The summed E-state index contributed by atoms with van der Waals surface area (Å²) in [7, 11) is 0. The topological polar surface area (TPSA) is 43.7 Å². The van der Waals surface area contributed by atoms with Gasteiger partial charge in [-0.2, -0.15) is 0 Å². The second kappa shape index (κ2) is 10.2. The fourth-order valence-electron chi connectivity index (χ4n) is 4.28. The van der Waals surface area contributed by atoms with Crippen LogP contribution in [0.15, 0.2) is 58.0 Å². The number of nitrogens with zero attached hydrogens (tertiary/aromatic N) is 2. The molecule has 0 unspecified atom stereocenters. The molecular weight excluding hydrogens is 532 g/mol. The van der Waals surface area contributed by atoms with E-state index >= 15 is 0 Å². The molecule has 3 heterocycles. The summed E-state index contributed by atoms with van der Waals surface area (Å²) < 4.78 is 15.4. The van der Waals surface area contributed by atoms with Crippen LogP contribution in [0.3, 0.4) is 0 Å². The Morgan fingerprint density at radius 3 is 2.85 bits per heavy atom. The molecule has 0 N–H and O–H groups in total. The van der Waals surface area contributed by atoms with E-state index in [0.29, 0.717) is 28.9 Å². The van der Waals surface area contributed by atoms with E-state index in [1.807, 2.05) is 36.4 Å². The lowest BCUT2D eigenvalue weighted by Gasteiger charge is -2.18. The van der Waals surface area contributed by atoms with E-state index in [4.69, 9.17) is 21.7 Å². The average Bonchev–Trinajstić information content (AvgIpc) is 3.52. The molecule has 176 valence electrons. The van der Waals surface area contributed by atoms with Gasteiger partial charge in [0.2, 0.25) is 0 Å². The number of thioether (sulfide) groups is 1. The lowest BCUT2D eigenvalue weighted by Crippen LogP contribution is -2.35. The SMILES string of the molecule is Cc1ccc(OCCn2cc(/C=C3\SC(=S)N(C[C@@H]4CCCO4)C3=O)c3cc(Br)ccc32)cc1. The van der Waals surface area contributed by atoms with Crippen molar-refractivity contribution in [2.75, 3.05) is 19.8 Å². The standard InChI is InChI=1S/C26H25BrN2O3S2/c1-17-4-7-20(8-5-17)32-12-10-28-15-18(22-14-19(27)6-9-23(22)28)13-24-25(30)29(26(33)34-24)16-21-3-2-11-31-21/h4-9,13-15,21H,2-3,10-12,16H2,1H3/b24-13-/t21-/m0/s1. The van der Waals surface area contributed by atoms with Crippen LogP contribution in [-0.4, -0.2) is 45.6 Å². The molecule has 3 aromatic rings. The number of fused-ring (bicyclic) bond motifs is 1. The number of carbonyl (C=O) groups excluding carboxylic acids is 1. The number of amides is 1. The second-order valence-electron chi connectivity index (χ2n) is 8.53. The Morgan fingerprint density at radius 2 is 2.09 bits per heavy atom. The van der Waals surface area contributed by atoms with Gasteiger partial charge in [-0.15, -0.1) is 0 Å². The summed E-state index contributed by atoms with van der Waals surface area (Å²) in [6.45, 7) is 4.60. The molecule has 2 saturated heterocycles. The van der Waals surface area contributed by atoms with Crippen molar-refractivity contribution >= 4 is 67.1 Å². The number of hydrogen-bond acceptors (Lipinski definition) is 5. The van der Waals surface area contributed by atoms with Crippen molar-refractivity contribution in [3.8, 4) is 5.75 Å². The predicted molar refractivity (Wildman–Crippen MR) is 145 cm³/mol. The molecule has 0 spiro atoms. The van der Waals surface area contributed by atoms with Crippen LogP contribution in [-0.2, 0) is 16.1 Å². The van der Waals surface area contributed by atoms with Crippen molar-refractivity contribution in [1.29, 1.82) is 0 Å². The Kier molecular flexibility index (Phi) is 7.11. The van der Waals surface area contributed by atoms with Crippen molar-refractivity contribution < 1.29 is 14.3 Å². The van der Waals surface area contributed by atoms with E-state index in [1.54, 1.807) is 4.90 Å². The van der Waals surface area contributed by atoms with Crippen molar-refractivity contribution in [3.63, 3.8) is 0 Å². The predicted octanol–water partition coefficient (Wildman–Crippen LogP) is 6.17. The Hall–Kier alpha value is -2.13. The Bertz CT molecular complexity index is 1260. The summed E-state index contributed by atoms with van der Waals surface area (Å²) in [6, 6.07) is 14.3. The van der Waals surface area contributed by atoms with E-state index in [9.17, 15) is 4.79 Å². The third-order valence-corrected chi connectivity index (χ3v) is 7.94. The number of benzene rings is 2. The number of aryl methyl sites for hydroxylation is 1. The first kappa shape index (κ1) is 23.6. The quantitative estimate of drug-likeness (QED) is 0.257. The molecule has 5 rings (SSSR count). The maximum Gasteiger partial charge on any atom is 0.266 e. The lowest BCUT2D eigenvalue weighted by atomic mass is 10.1. The summed E-state index contributed by atoms with van der Waals surface area (Å²) in [5.74, 6) is 0.823. The minimum atomic E-state index is -0.0379. The van der Waals surface area contributed by atoms with Gasteiger partial charge < -0.3 is 14.0 Å². The van der Waals surface area contributed by atoms with E-state index in [0.717, 1.165) is 46.1 Å². The van der Waals surface area contributed by atoms with Crippen molar-refractivity contribution in [2.24, 2.45) is 0 Å². The van der Waals surface area contributed by atoms with Crippen LogP contribution >= 0.6 is 39.9 Å². The van der Waals surface area contributed by atoms with Crippen molar-refractivity contribution in [1.82, 2.24) is 9.47 Å². The van der Waals surface area contributed by atoms with Gasteiger partial charge in [0.1, 0.15) is 16.7 Å². The molecule has 0 saturated carbocycles. The van der Waals surface area contributed by atoms with E-state index in [2.05, 4.69) is 45.8 Å². The third kappa shape index (κ3) is 5.10. The Balaban J connectivity index is 1.37. The highest BCUT2D eigenvalue weighted by Gasteiger charge is 2.34. The number of ether oxygens (including phenoxy) is 2. The molecule has 0 aliphatic carbocycles. The van der Waals surface area contributed by atoms with Crippen molar-refractivity contribution in [3.05, 3.63) is 69.2 Å². The fourth-order valence-corrected chi connectivity index (χ4v) is 5.91. The Labute approximate surface area is 217 Å². The largest absolute Gasteiger partial charge is 0.492 e. The van der Waals surface area contributed by atoms with Gasteiger partial charge in [-0.3, -0.25) is 9.69 Å². The molecule has 5 nitrogen and oxygen atoms in total. The number of hydrogen-bond donors (Lipinski definition) is 0. The summed E-state index contributed by atoms with van der Waals surface area (Å²) in [5.41, 5.74) is 3.29. The third-order valence-electron chi connectivity index (χ3n) is 6.07. The maximum absolute atomic E-state index is 13.1. The van der Waals surface area contributed by atoms with Crippen LogP contribution in [0.4, 0.5) is 0 Å². The summed E-state index contributed by atoms with van der Waals surface area (Å²) >= 11 is 10.5. The highest BCUT2D eigenvalue weighted by Crippen LogP contribution is 2.35. The minimum Gasteiger partial charge on any atom is -0.492 e. The summed E-state index contributed by atoms with van der Waals surface area (Å²) in [4.78, 5) is 15.5. The molecule has 1 atom stereocenters. The molecule has 1 aromatic heterocycles. The van der Waals surface area contributed by atoms with Crippen LogP contribution < -0.4 is 4.74 Å². The first-order valence-corrected chi connectivity index (χ1v) is 13.3. The van der Waals surface area contributed by atoms with E-state index in [-0.39, 0.29) is 12.0 Å². The van der Waals surface area contributed by atoms with Crippen LogP contribution in [0.25, 0.3) is 17.0 Å². The number of thiocarbonyl (C=S) groups is 1. The lowest BCUT2D eigenvalue weighted by molar-refractivity contribution is -0.123. The molecule has 34 heavy (non-hydrogen) atoms. The van der Waals surface area contributed by atoms with Gasteiger partial charge in [0.15, 0.2) is 0 Å². The zero-order chi connectivity index (χ0) is 23.7. The van der Waals surface area contributed by atoms with Crippen LogP contribution in [0.1, 0.15) is 24.0 Å². The number of carbonyl (C=O) groups is 1. The fraction of sp³-hybridized carbons (Fsp3) is 0.308. The molecule has 2 fully saturated rings. The van der Waals surface area contributed by atoms with Gasteiger partial charge in [-0.05, 0) is 56.2 Å². The summed E-state index contributed by atoms with van der Waals surface area (Å²) in [5, 5.41) is 1.08. The molecule has 0 radical (unpaired) electrons. The van der Waals surface area contributed by atoms with Crippen molar-refractivity contribution in [2.45, 2.75) is 32.4 Å². The molecule has 2 aliphatic rings. The molecule has 2 aliphatic heterocycles. The average molecular weight is 558 g/mol. The van der Waals surface area contributed by atoms with E-state index in [1.165, 1.54) is 17.3 Å². The van der Waals surface area contributed by atoms with Crippen LogP contribution in [0, 0.1) is 6.92 Å². The summed E-state index contributed by atoms with van der Waals surface area (Å²) in [6.07, 6.45) is 6.14. The highest BCUT2D eigenvalue weighted by molar-refractivity contribution is 9.10. The molecule has 1 amide bonds. The molecular formula is C26H25BrN2O3S2. The first-order chi connectivity index (χ1) is 16.5. The van der Waals surface area contributed by atoms with E-state index < -0.39 is 0 Å². The van der Waals surface area contributed by atoms with Crippen LogP contribution in [0.2, 0.25) is 0 Å². The van der Waals surface area contributed by atoms with Gasteiger partial charge >= 0.3 is 0 Å². The van der Waals surface area contributed by atoms with Gasteiger partial charge in [-0.1, -0.05) is 57.6 Å². The van der Waals surface area contributed by atoms with Gasteiger partial charge in [0.25, 0.3) is 5.91 Å². The number of aromatic nitrogens is 1. The zero-order valence-electron chi connectivity index (χ0n) is 18.8. The molecule has 2 aromatic carbocycles. The van der Waals surface area contributed by atoms with Gasteiger partial charge in [-0.25, -0.2) is 0 Å². The first-order valence-electron chi connectivity index (χ1n) is 11.3. The second-order valence-corrected chi connectivity index (χ2v) is 11.1. The minimum absolute atomic E-state index is 0.0379. The molecule has 0 bridgehead atoms. The number of halogens is 1. The van der Waals surface area contributed by atoms with Gasteiger partial charge in [0, 0.05) is 33.7 Å². The molecule has 8 heteroatoms.